The molecule has 5 nitrogen and oxygen atoms in total. The molecule has 1 aromatic carbocycles. The van der Waals surface area contributed by atoms with Crippen LogP contribution in [-0.2, 0) is 6.54 Å². The first kappa shape index (κ1) is 13.8. The molecule has 0 saturated heterocycles. The van der Waals surface area contributed by atoms with Crippen LogP contribution in [0, 0.1) is 13.8 Å². The quantitative estimate of drug-likeness (QED) is 0.879. The van der Waals surface area contributed by atoms with Crippen molar-refractivity contribution in [3.8, 4) is 5.75 Å². The smallest absolute Gasteiger partial charge is 0.143 e. The number of nitrogen functional groups attached to an aromatic ring is 1. The highest BCUT2D eigenvalue weighted by Crippen LogP contribution is 2.37. The minimum atomic E-state index is 0.196. The van der Waals surface area contributed by atoms with Crippen molar-refractivity contribution in [2.45, 2.75) is 39.8 Å². The van der Waals surface area contributed by atoms with E-state index in [1.54, 1.807) is 0 Å². The Morgan fingerprint density at radius 2 is 2.19 bits per heavy atom. The normalized spacial score (nSPS) is 17.5. The molecule has 0 amide bonds. The van der Waals surface area contributed by atoms with Gasteiger partial charge in [-0.15, -0.1) is 0 Å². The topological polar surface area (TPSA) is 64.5 Å². The van der Waals surface area contributed by atoms with E-state index in [-0.39, 0.29) is 6.10 Å². The molecule has 1 atom stereocenters. The minimum absolute atomic E-state index is 0.196. The molecular formula is C16H21N3O2. The number of nitrogens with two attached hydrogens (primary N) is 1. The molecule has 1 aliphatic heterocycles. The van der Waals surface area contributed by atoms with E-state index in [9.17, 15) is 0 Å². The largest absolute Gasteiger partial charge is 0.486 e. The van der Waals surface area contributed by atoms with Crippen molar-refractivity contribution in [3.63, 3.8) is 0 Å². The lowest BCUT2D eigenvalue weighted by Crippen LogP contribution is -2.39. The van der Waals surface area contributed by atoms with E-state index >= 15 is 0 Å². The van der Waals surface area contributed by atoms with Gasteiger partial charge in [0.05, 0.1) is 17.9 Å². The second-order valence-corrected chi connectivity index (χ2v) is 5.56. The van der Waals surface area contributed by atoms with Crippen LogP contribution in [0.4, 0.5) is 11.4 Å². The number of nitrogens with zero attached hydrogens (tertiary/aromatic N) is 2. The Hall–Kier alpha value is -2.17. The lowest BCUT2D eigenvalue weighted by Gasteiger charge is -2.36. The SMILES string of the molecule is CCC1CN(Cc2c(C)noc2C)c2cc(N)ccc2O1. The number of anilines is 2. The number of rotatable bonds is 3. The van der Waals surface area contributed by atoms with Gasteiger partial charge in [0.25, 0.3) is 0 Å². The van der Waals surface area contributed by atoms with Gasteiger partial charge in [0.15, 0.2) is 0 Å². The molecule has 0 fully saturated rings. The summed E-state index contributed by atoms with van der Waals surface area (Å²) in [6, 6.07) is 5.80. The minimum Gasteiger partial charge on any atom is -0.486 e. The van der Waals surface area contributed by atoms with Crippen LogP contribution in [0.25, 0.3) is 0 Å². The Morgan fingerprint density at radius 1 is 1.38 bits per heavy atom. The Bertz CT molecular complexity index is 631. The standard InChI is InChI=1S/C16H21N3O2/c1-4-13-8-19(9-14-10(2)18-21-11(14)3)15-7-12(17)5-6-16(15)20-13/h5-7,13H,4,8-9,17H2,1-3H3. The summed E-state index contributed by atoms with van der Waals surface area (Å²) in [4.78, 5) is 2.30. The van der Waals surface area contributed by atoms with Gasteiger partial charge in [-0.05, 0) is 38.5 Å². The fourth-order valence-corrected chi connectivity index (χ4v) is 2.72. The molecule has 1 aliphatic rings. The first-order chi connectivity index (χ1) is 10.1. The first-order valence-corrected chi connectivity index (χ1v) is 7.31. The van der Waals surface area contributed by atoms with E-state index in [0.717, 1.165) is 53.7 Å². The Morgan fingerprint density at radius 3 is 2.86 bits per heavy atom. The Kier molecular flexibility index (Phi) is 3.49. The average Bonchev–Trinajstić information content (AvgIpc) is 2.79. The van der Waals surface area contributed by atoms with Gasteiger partial charge in [-0.25, -0.2) is 0 Å². The number of benzene rings is 1. The third kappa shape index (κ3) is 2.55. The summed E-state index contributed by atoms with van der Waals surface area (Å²) in [5.74, 6) is 1.77. The van der Waals surface area contributed by atoms with E-state index in [0.29, 0.717) is 0 Å². The molecule has 1 unspecified atom stereocenters. The summed E-state index contributed by atoms with van der Waals surface area (Å²) in [5.41, 5.74) is 9.80. The fraction of sp³-hybridized carbons (Fsp3) is 0.438. The summed E-state index contributed by atoms with van der Waals surface area (Å²) in [7, 11) is 0. The second kappa shape index (κ2) is 5.31. The maximum absolute atomic E-state index is 6.01. The predicted octanol–water partition coefficient (Wildman–Crippen LogP) is 3.05. The number of aryl methyl sites for hydroxylation is 2. The van der Waals surface area contributed by atoms with Gasteiger partial charge < -0.3 is 19.9 Å². The van der Waals surface area contributed by atoms with Gasteiger partial charge in [0.2, 0.25) is 0 Å². The van der Waals surface area contributed by atoms with E-state index in [2.05, 4.69) is 17.0 Å². The van der Waals surface area contributed by atoms with E-state index in [1.807, 2.05) is 32.0 Å². The van der Waals surface area contributed by atoms with Gasteiger partial charge in [-0.3, -0.25) is 0 Å². The molecule has 0 spiro atoms. The molecule has 5 heteroatoms. The van der Waals surface area contributed by atoms with Crippen molar-refractivity contribution in [1.82, 2.24) is 5.16 Å². The number of hydrogen-bond acceptors (Lipinski definition) is 5. The van der Waals surface area contributed by atoms with E-state index < -0.39 is 0 Å². The van der Waals surface area contributed by atoms with Crippen molar-refractivity contribution < 1.29 is 9.26 Å². The molecule has 0 saturated carbocycles. The van der Waals surface area contributed by atoms with Gasteiger partial charge in [0.1, 0.15) is 17.6 Å². The van der Waals surface area contributed by atoms with Crippen molar-refractivity contribution in [1.29, 1.82) is 0 Å². The summed E-state index contributed by atoms with van der Waals surface area (Å²) in [6.45, 7) is 7.67. The highest BCUT2D eigenvalue weighted by molar-refractivity contribution is 5.66. The highest BCUT2D eigenvalue weighted by Gasteiger charge is 2.26. The van der Waals surface area contributed by atoms with Crippen LogP contribution >= 0.6 is 0 Å². The molecule has 2 heterocycles. The van der Waals surface area contributed by atoms with Crippen LogP contribution in [0.5, 0.6) is 5.75 Å². The lowest BCUT2D eigenvalue weighted by atomic mass is 10.1. The monoisotopic (exact) mass is 287 g/mol. The van der Waals surface area contributed by atoms with Gasteiger partial charge in [-0.2, -0.15) is 0 Å². The number of ether oxygens (including phenoxy) is 1. The third-order valence-corrected chi connectivity index (χ3v) is 4.03. The zero-order valence-corrected chi connectivity index (χ0v) is 12.7. The van der Waals surface area contributed by atoms with Gasteiger partial charge in [-0.1, -0.05) is 12.1 Å². The molecule has 2 aromatic rings. The van der Waals surface area contributed by atoms with Crippen LogP contribution in [-0.4, -0.2) is 17.8 Å². The summed E-state index contributed by atoms with van der Waals surface area (Å²) in [5, 5.41) is 4.04. The van der Waals surface area contributed by atoms with Crippen LogP contribution in [0.1, 0.15) is 30.4 Å². The number of fused-ring (bicyclic) bond motifs is 1. The van der Waals surface area contributed by atoms with E-state index in [4.69, 9.17) is 15.0 Å². The summed E-state index contributed by atoms with van der Waals surface area (Å²) in [6.07, 6.45) is 1.17. The molecule has 0 radical (unpaired) electrons. The molecule has 0 aliphatic carbocycles. The molecule has 21 heavy (non-hydrogen) atoms. The van der Waals surface area contributed by atoms with Crippen LogP contribution in [0.15, 0.2) is 22.7 Å². The van der Waals surface area contributed by atoms with Crippen LogP contribution in [0.2, 0.25) is 0 Å². The molecule has 1 aromatic heterocycles. The van der Waals surface area contributed by atoms with Crippen molar-refractivity contribution >= 4 is 11.4 Å². The second-order valence-electron chi connectivity index (χ2n) is 5.56. The molecule has 112 valence electrons. The molecular weight excluding hydrogens is 266 g/mol. The van der Waals surface area contributed by atoms with Crippen LogP contribution < -0.4 is 15.4 Å². The number of aromatic nitrogens is 1. The van der Waals surface area contributed by atoms with Crippen LogP contribution in [0.3, 0.4) is 0 Å². The zero-order valence-electron chi connectivity index (χ0n) is 12.7. The first-order valence-electron chi connectivity index (χ1n) is 7.31. The Labute approximate surface area is 124 Å². The summed E-state index contributed by atoms with van der Waals surface area (Å²) >= 11 is 0. The van der Waals surface area contributed by atoms with Gasteiger partial charge in [0, 0.05) is 17.8 Å². The fourth-order valence-electron chi connectivity index (χ4n) is 2.72. The van der Waals surface area contributed by atoms with Crippen molar-refractivity contribution in [3.05, 3.63) is 35.2 Å². The number of hydrogen-bond donors (Lipinski definition) is 1. The van der Waals surface area contributed by atoms with Crippen molar-refractivity contribution in [2.75, 3.05) is 17.2 Å². The van der Waals surface area contributed by atoms with Crippen molar-refractivity contribution in [2.24, 2.45) is 0 Å². The highest BCUT2D eigenvalue weighted by atomic mass is 16.5. The molecule has 0 bridgehead atoms. The molecule has 2 N–H and O–H groups in total. The summed E-state index contributed by atoms with van der Waals surface area (Å²) < 4.78 is 11.3. The maximum Gasteiger partial charge on any atom is 0.143 e. The zero-order chi connectivity index (χ0) is 15.0. The van der Waals surface area contributed by atoms with Gasteiger partial charge >= 0.3 is 0 Å². The molecule has 3 rings (SSSR count). The average molecular weight is 287 g/mol. The predicted molar refractivity (Wildman–Crippen MR) is 82.6 cm³/mol. The van der Waals surface area contributed by atoms with E-state index in [1.165, 1.54) is 0 Å². The third-order valence-electron chi connectivity index (χ3n) is 4.03. The Balaban J connectivity index is 1.96. The lowest BCUT2D eigenvalue weighted by molar-refractivity contribution is 0.188. The maximum atomic E-state index is 6.01.